The largest absolute Gasteiger partial charge is 0.496 e. The molecule has 3 rings (SSSR count). The van der Waals surface area contributed by atoms with E-state index in [1.54, 1.807) is 7.11 Å². The summed E-state index contributed by atoms with van der Waals surface area (Å²) >= 11 is 0. The maximum Gasteiger partial charge on any atom is 0.136 e. The Morgan fingerprint density at radius 2 is 2.00 bits per heavy atom. The summed E-state index contributed by atoms with van der Waals surface area (Å²) in [6.07, 6.45) is 6.01. The minimum absolute atomic E-state index is 0.392. The molecule has 23 heavy (non-hydrogen) atoms. The summed E-state index contributed by atoms with van der Waals surface area (Å²) < 4.78 is 7.48. The number of imidazole rings is 1. The first-order chi connectivity index (χ1) is 11.3. The lowest BCUT2D eigenvalue weighted by molar-refractivity contribution is 0.406. The average molecular weight is 309 g/mol. The van der Waals surface area contributed by atoms with Gasteiger partial charge in [0.1, 0.15) is 11.4 Å². The van der Waals surface area contributed by atoms with Gasteiger partial charge in [0.15, 0.2) is 0 Å². The molecule has 0 amide bonds. The number of hydrogen-bond donors (Lipinski definition) is 1. The number of aromatic nitrogens is 2. The number of benzene rings is 1. The predicted molar refractivity (Wildman–Crippen MR) is 93.1 cm³/mol. The van der Waals surface area contributed by atoms with Crippen LogP contribution in [0.5, 0.6) is 5.75 Å². The van der Waals surface area contributed by atoms with E-state index in [0.29, 0.717) is 6.04 Å². The molecule has 1 aromatic carbocycles. The molecule has 0 bridgehead atoms. The Bertz CT molecular complexity index is 733. The van der Waals surface area contributed by atoms with Gasteiger partial charge >= 0.3 is 0 Å². The standard InChI is InChI=1S/C19H23N3O/c1-15(13-16-7-3-4-8-18(16)23-2)20-11-10-17-14-22-12-6-5-9-19(22)21-17/h3-9,12,14-15,20H,10-11,13H2,1-2H3/t15-/m1/s1. The third kappa shape index (κ3) is 3.90. The lowest BCUT2D eigenvalue weighted by atomic mass is 10.1. The number of nitrogens with one attached hydrogen (secondary N) is 1. The van der Waals surface area contributed by atoms with Crippen molar-refractivity contribution < 1.29 is 4.74 Å². The number of nitrogens with zero attached hydrogens (tertiary/aromatic N) is 2. The third-order valence-electron chi connectivity index (χ3n) is 4.01. The molecule has 3 aromatic rings. The second kappa shape index (κ2) is 7.29. The van der Waals surface area contributed by atoms with Gasteiger partial charge in [-0.1, -0.05) is 24.3 Å². The van der Waals surface area contributed by atoms with Crippen molar-refractivity contribution in [3.63, 3.8) is 0 Å². The van der Waals surface area contributed by atoms with Gasteiger partial charge in [0, 0.05) is 31.4 Å². The molecular weight excluding hydrogens is 286 g/mol. The van der Waals surface area contributed by atoms with Gasteiger partial charge in [0.2, 0.25) is 0 Å². The maximum atomic E-state index is 5.41. The summed E-state index contributed by atoms with van der Waals surface area (Å²) in [5, 5.41) is 3.57. The second-order valence-corrected chi connectivity index (χ2v) is 5.82. The van der Waals surface area contributed by atoms with Crippen LogP contribution in [-0.4, -0.2) is 29.1 Å². The molecule has 0 fully saturated rings. The number of para-hydroxylation sites is 1. The van der Waals surface area contributed by atoms with Crippen LogP contribution in [0.1, 0.15) is 18.2 Å². The smallest absolute Gasteiger partial charge is 0.136 e. The first-order valence-corrected chi connectivity index (χ1v) is 8.04. The SMILES string of the molecule is COc1ccccc1C[C@@H](C)NCCc1cn2ccccc2n1. The van der Waals surface area contributed by atoms with Gasteiger partial charge in [-0.05, 0) is 37.1 Å². The van der Waals surface area contributed by atoms with Gasteiger partial charge in [0.05, 0.1) is 12.8 Å². The fourth-order valence-corrected chi connectivity index (χ4v) is 2.83. The molecule has 0 spiro atoms. The van der Waals surface area contributed by atoms with Crippen LogP contribution in [-0.2, 0) is 12.8 Å². The number of pyridine rings is 1. The van der Waals surface area contributed by atoms with Crippen LogP contribution in [0.25, 0.3) is 5.65 Å². The zero-order chi connectivity index (χ0) is 16.1. The van der Waals surface area contributed by atoms with Crippen LogP contribution in [0.3, 0.4) is 0 Å². The van der Waals surface area contributed by atoms with Crippen LogP contribution >= 0.6 is 0 Å². The van der Waals surface area contributed by atoms with Gasteiger partial charge in [-0.2, -0.15) is 0 Å². The molecule has 0 aliphatic carbocycles. The number of rotatable bonds is 7. The average Bonchev–Trinajstić information content (AvgIpc) is 2.98. The number of fused-ring (bicyclic) bond motifs is 1. The Hall–Kier alpha value is -2.33. The van der Waals surface area contributed by atoms with E-state index in [4.69, 9.17) is 4.74 Å². The zero-order valence-corrected chi connectivity index (χ0v) is 13.7. The maximum absolute atomic E-state index is 5.41. The number of hydrogen-bond acceptors (Lipinski definition) is 3. The molecule has 4 heteroatoms. The van der Waals surface area contributed by atoms with Crippen LogP contribution in [0.2, 0.25) is 0 Å². The van der Waals surface area contributed by atoms with E-state index in [-0.39, 0.29) is 0 Å². The van der Waals surface area contributed by atoms with Crippen molar-refractivity contribution in [3.8, 4) is 5.75 Å². The topological polar surface area (TPSA) is 38.6 Å². The van der Waals surface area contributed by atoms with Gasteiger partial charge < -0.3 is 14.5 Å². The van der Waals surface area contributed by atoms with Crippen LogP contribution < -0.4 is 10.1 Å². The predicted octanol–water partition coefficient (Wildman–Crippen LogP) is 3.11. The van der Waals surface area contributed by atoms with Gasteiger partial charge in [-0.3, -0.25) is 0 Å². The van der Waals surface area contributed by atoms with E-state index in [2.05, 4.69) is 40.0 Å². The summed E-state index contributed by atoms with van der Waals surface area (Å²) in [6.45, 7) is 3.12. The van der Waals surface area contributed by atoms with E-state index in [1.807, 2.05) is 36.5 Å². The molecule has 4 nitrogen and oxygen atoms in total. The Balaban J connectivity index is 1.51. The van der Waals surface area contributed by atoms with Crippen molar-refractivity contribution in [2.75, 3.05) is 13.7 Å². The summed E-state index contributed by atoms with van der Waals surface area (Å²) in [7, 11) is 1.72. The minimum Gasteiger partial charge on any atom is -0.496 e. The third-order valence-corrected chi connectivity index (χ3v) is 4.01. The molecule has 0 aliphatic rings. The normalized spacial score (nSPS) is 12.4. The van der Waals surface area contributed by atoms with Crippen molar-refractivity contribution in [1.82, 2.24) is 14.7 Å². The van der Waals surface area contributed by atoms with Crippen molar-refractivity contribution in [3.05, 3.63) is 66.1 Å². The van der Waals surface area contributed by atoms with Crippen molar-refractivity contribution in [2.24, 2.45) is 0 Å². The second-order valence-electron chi connectivity index (χ2n) is 5.82. The summed E-state index contributed by atoms with van der Waals surface area (Å²) in [4.78, 5) is 4.62. The summed E-state index contributed by atoms with van der Waals surface area (Å²) in [5.74, 6) is 0.960. The molecular formula is C19H23N3O. The van der Waals surface area contributed by atoms with Crippen LogP contribution in [0, 0.1) is 0 Å². The molecule has 0 saturated heterocycles. The van der Waals surface area contributed by atoms with Crippen molar-refractivity contribution >= 4 is 5.65 Å². The van der Waals surface area contributed by atoms with E-state index in [0.717, 1.165) is 36.5 Å². The van der Waals surface area contributed by atoms with Gasteiger partial charge in [-0.25, -0.2) is 4.98 Å². The quantitative estimate of drug-likeness (QED) is 0.729. The van der Waals surface area contributed by atoms with Crippen molar-refractivity contribution in [1.29, 1.82) is 0 Å². The highest BCUT2D eigenvalue weighted by Gasteiger charge is 2.08. The van der Waals surface area contributed by atoms with E-state index in [1.165, 1.54) is 5.56 Å². The Morgan fingerprint density at radius 1 is 1.17 bits per heavy atom. The molecule has 1 N–H and O–H groups in total. The first-order valence-electron chi connectivity index (χ1n) is 8.04. The summed E-state index contributed by atoms with van der Waals surface area (Å²) in [5.41, 5.74) is 3.36. The van der Waals surface area contributed by atoms with Gasteiger partial charge in [0.25, 0.3) is 0 Å². The van der Waals surface area contributed by atoms with Crippen LogP contribution in [0.4, 0.5) is 0 Å². The van der Waals surface area contributed by atoms with E-state index < -0.39 is 0 Å². The first kappa shape index (κ1) is 15.6. The van der Waals surface area contributed by atoms with E-state index in [9.17, 15) is 0 Å². The van der Waals surface area contributed by atoms with Gasteiger partial charge in [-0.15, -0.1) is 0 Å². The van der Waals surface area contributed by atoms with E-state index >= 15 is 0 Å². The molecule has 2 aromatic heterocycles. The molecule has 2 heterocycles. The number of ether oxygens (including phenoxy) is 1. The van der Waals surface area contributed by atoms with Crippen LogP contribution in [0.15, 0.2) is 54.9 Å². The molecule has 1 atom stereocenters. The van der Waals surface area contributed by atoms with Crippen molar-refractivity contribution in [2.45, 2.75) is 25.8 Å². The fourth-order valence-electron chi connectivity index (χ4n) is 2.83. The highest BCUT2D eigenvalue weighted by atomic mass is 16.5. The Morgan fingerprint density at radius 3 is 2.83 bits per heavy atom. The summed E-state index contributed by atoms with van der Waals surface area (Å²) in [6, 6.07) is 14.7. The molecule has 0 aliphatic heterocycles. The highest BCUT2D eigenvalue weighted by molar-refractivity contribution is 5.39. The lowest BCUT2D eigenvalue weighted by Crippen LogP contribution is -2.30. The monoisotopic (exact) mass is 309 g/mol. The molecule has 0 unspecified atom stereocenters. The minimum atomic E-state index is 0.392. The molecule has 0 radical (unpaired) electrons. The fraction of sp³-hybridized carbons (Fsp3) is 0.316. The molecule has 120 valence electrons. The Labute approximate surface area is 137 Å². The highest BCUT2D eigenvalue weighted by Crippen LogP contribution is 2.18. The zero-order valence-electron chi connectivity index (χ0n) is 13.7. The number of methoxy groups -OCH3 is 1. The Kier molecular flexibility index (Phi) is 4.93. The molecule has 0 saturated carbocycles. The lowest BCUT2D eigenvalue weighted by Gasteiger charge is -2.15.